The van der Waals surface area contributed by atoms with E-state index in [9.17, 15) is 16.8 Å². The van der Waals surface area contributed by atoms with Gasteiger partial charge >= 0.3 is 45.4 Å². The maximum atomic E-state index is 10.7. The van der Waals surface area contributed by atoms with Gasteiger partial charge in [-0.25, -0.2) is 0 Å². The van der Waals surface area contributed by atoms with Crippen LogP contribution in [0.3, 0.4) is 0 Å². The third kappa shape index (κ3) is 5.65. The second kappa shape index (κ2) is 9.19. The zero-order chi connectivity index (χ0) is 18.6. The van der Waals surface area contributed by atoms with Gasteiger partial charge in [0.15, 0.2) is 0 Å². The predicted octanol–water partition coefficient (Wildman–Crippen LogP) is -1.55. The van der Waals surface area contributed by atoms with Crippen molar-refractivity contribution in [2.24, 2.45) is 10.8 Å². The molecule has 4 fully saturated rings. The summed E-state index contributed by atoms with van der Waals surface area (Å²) >= 11 is -6.65. The first-order valence-corrected chi connectivity index (χ1v) is 11.1. The van der Waals surface area contributed by atoms with Gasteiger partial charge in [-0.15, -0.1) is 0 Å². The zero-order valence-corrected chi connectivity index (χ0v) is 16.5. The molecular formula is C10H16O12S4. The molecule has 0 atom stereocenters. The second-order valence-electron chi connectivity index (χ2n) is 5.91. The van der Waals surface area contributed by atoms with Crippen molar-refractivity contribution < 1.29 is 50.3 Å². The Morgan fingerprint density at radius 3 is 0.692 bits per heavy atom. The van der Waals surface area contributed by atoms with Gasteiger partial charge in [-0.05, 0) is 0 Å². The van der Waals surface area contributed by atoms with Crippen molar-refractivity contribution in [3.05, 3.63) is 0 Å². The van der Waals surface area contributed by atoms with E-state index in [-0.39, 0.29) is 52.9 Å². The lowest BCUT2D eigenvalue weighted by Crippen LogP contribution is -2.48. The molecule has 26 heavy (non-hydrogen) atoms. The Labute approximate surface area is 159 Å². The van der Waals surface area contributed by atoms with Gasteiger partial charge in [-0.2, -0.15) is 16.8 Å². The second-order valence-corrected chi connectivity index (χ2v) is 9.43. The van der Waals surface area contributed by atoms with E-state index >= 15 is 0 Å². The van der Waals surface area contributed by atoms with E-state index < -0.39 is 56.3 Å². The average Bonchev–Trinajstić information content (AvgIpc) is 2.66. The first kappa shape index (κ1) is 21.0. The van der Waals surface area contributed by atoms with E-state index in [0.717, 1.165) is 0 Å². The van der Waals surface area contributed by atoms with Gasteiger partial charge in [0, 0.05) is 0 Å². The van der Waals surface area contributed by atoms with E-state index in [0.29, 0.717) is 0 Å². The Kier molecular flexibility index (Phi) is 7.42. The number of hydrogen-bond acceptors (Lipinski definition) is 12. The highest BCUT2D eigenvalue weighted by Crippen LogP contribution is 2.29. The molecule has 16 heteroatoms. The molecule has 12 nitrogen and oxygen atoms in total. The summed E-state index contributed by atoms with van der Waals surface area (Å²) < 4.78 is 81.1. The Morgan fingerprint density at radius 2 is 0.538 bits per heavy atom. The van der Waals surface area contributed by atoms with E-state index in [1.165, 1.54) is 0 Å². The highest BCUT2D eigenvalue weighted by molar-refractivity contribution is 7.75. The molecule has 0 aliphatic carbocycles. The minimum atomic E-state index is -1.66. The van der Waals surface area contributed by atoms with Gasteiger partial charge in [0.25, 0.3) is 0 Å². The van der Waals surface area contributed by atoms with Crippen molar-refractivity contribution in [1.29, 1.82) is 0 Å². The van der Waals surface area contributed by atoms with Crippen LogP contribution in [0.1, 0.15) is 0 Å². The normalized spacial score (nSPS) is 46.5. The highest BCUT2D eigenvalue weighted by Gasteiger charge is 2.42. The van der Waals surface area contributed by atoms with Crippen molar-refractivity contribution in [2.45, 2.75) is 0 Å². The molecule has 4 rings (SSSR count). The number of rotatable bonds is 0. The van der Waals surface area contributed by atoms with Gasteiger partial charge in [0.2, 0.25) is 0 Å². The fourth-order valence-corrected chi connectivity index (χ4v) is 5.06. The molecule has 4 aliphatic heterocycles. The maximum Gasteiger partial charge on any atom is 0.304 e. The van der Waals surface area contributed by atoms with Crippen molar-refractivity contribution in [3.63, 3.8) is 0 Å². The van der Waals surface area contributed by atoms with Gasteiger partial charge in [-0.3, -0.25) is 33.5 Å². The minimum Gasteiger partial charge on any atom is -0.268 e. The molecule has 4 aliphatic rings. The zero-order valence-electron chi connectivity index (χ0n) is 13.2. The molecule has 0 unspecified atom stereocenters. The molecule has 0 bridgehead atoms. The maximum absolute atomic E-state index is 10.7. The Balaban J connectivity index is 0.000000151. The summed E-state index contributed by atoms with van der Waals surface area (Å²) in [6.45, 7) is 1.86. The Hall–Kier alpha value is 0.280. The topological polar surface area (TPSA) is 142 Å². The highest BCUT2D eigenvalue weighted by atomic mass is 32.2. The molecule has 0 aromatic carbocycles. The van der Waals surface area contributed by atoms with Crippen molar-refractivity contribution >= 4 is 45.4 Å². The molecule has 0 aromatic heterocycles. The molecule has 4 heterocycles. The summed E-state index contributed by atoms with van der Waals surface area (Å²) in [5.41, 5.74) is -0.913. The largest absolute Gasteiger partial charge is 0.304 e. The Bertz CT molecular complexity index is 460. The van der Waals surface area contributed by atoms with Crippen molar-refractivity contribution in [1.82, 2.24) is 0 Å². The van der Waals surface area contributed by atoms with E-state index in [1.54, 1.807) is 0 Å². The summed E-state index contributed by atoms with van der Waals surface area (Å²) in [7, 11) is 0. The Morgan fingerprint density at radius 1 is 0.385 bits per heavy atom. The SMILES string of the molecule is O=S1OCC2(CO1)COS(=O)OC2.O=S1OCC2(CO1)COS(=O)OC2. The van der Waals surface area contributed by atoms with Crippen LogP contribution in [-0.4, -0.2) is 69.7 Å². The van der Waals surface area contributed by atoms with Crippen LogP contribution in [-0.2, 0) is 78.9 Å². The van der Waals surface area contributed by atoms with Gasteiger partial charge < -0.3 is 0 Å². The van der Waals surface area contributed by atoms with Crippen LogP contribution >= 0.6 is 0 Å². The van der Waals surface area contributed by atoms with E-state index in [1.807, 2.05) is 0 Å². The molecule has 152 valence electrons. The first-order chi connectivity index (χ1) is 12.4. The van der Waals surface area contributed by atoms with Crippen LogP contribution in [0.4, 0.5) is 0 Å². The van der Waals surface area contributed by atoms with Gasteiger partial charge in [0.05, 0.1) is 63.7 Å². The lowest BCUT2D eigenvalue weighted by atomic mass is 9.93. The first-order valence-electron chi connectivity index (χ1n) is 7.14. The third-order valence-corrected chi connectivity index (χ3v) is 6.17. The molecular weight excluding hydrogens is 440 g/mol. The van der Waals surface area contributed by atoms with Crippen LogP contribution < -0.4 is 0 Å². The van der Waals surface area contributed by atoms with Crippen LogP contribution in [0.5, 0.6) is 0 Å². The molecule has 4 saturated heterocycles. The molecule has 0 radical (unpaired) electrons. The van der Waals surface area contributed by atoms with Crippen molar-refractivity contribution in [3.8, 4) is 0 Å². The lowest BCUT2D eigenvalue weighted by Gasteiger charge is -2.36. The summed E-state index contributed by atoms with van der Waals surface area (Å²) in [5.74, 6) is 0. The third-order valence-electron chi connectivity index (χ3n) is 3.69. The van der Waals surface area contributed by atoms with Crippen LogP contribution in [0, 0.1) is 10.8 Å². The van der Waals surface area contributed by atoms with Gasteiger partial charge in [0.1, 0.15) is 0 Å². The molecule has 0 aromatic rings. The molecule has 2 spiro atoms. The van der Waals surface area contributed by atoms with Crippen LogP contribution in [0.2, 0.25) is 0 Å². The standard InChI is InChI=1S/2C5H8O6S2/c2*6-12-8-1-5(2-9-12)3-10-13(7)11-4-5/h2*1-4H2. The smallest absolute Gasteiger partial charge is 0.268 e. The van der Waals surface area contributed by atoms with E-state index in [4.69, 9.17) is 33.5 Å². The van der Waals surface area contributed by atoms with Gasteiger partial charge in [-0.1, -0.05) is 0 Å². The summed E-state index contributed by atoms with van der Waals surface area (Å²) in [6.07, 6.45) is 0. The number of hydrogen-bond donors (Lipinski definition) is 0. The van der Waals surface area contributed by atoms with Crippen molar-refractivity contribution in [2.75, 3.05) is 52.9 Å². The average molecular weight is 456 g/mol. The fraction of sp³-hybridized carbons (Fsp3) is 1.00. The monoisotopic (exact) mass is 456 g/mol. The summed E-state index contributed by atoms with van der Waals surface area (Å²) in [5, 5.41) is 0. The molecule has 0 amide bonds. The molecule has 0 saturated carbocycles. The lowest BCUT2D eigenvalue weighted by molar-refractivity contribution is -0.0478. The van der Waals surface area contributed by atoms with Crippen LogP contribution in [0.15, 0.2) is 0 Å². The fourth-order valence-electron chi connectivity index (χ4n) is 2.02. The minimum absolute atomic E-state index is 0.233. The summed E-state index contributed by atoms with van der Waals surface area (Å²) in [6, 6.07) is 0. The predicted molar refractivity (Wildman–Crippen MR) is 85.1 cm³/mol. The van der Waals surface area contributed by atoms with E-state index in [2.05, 4.69) is 0 Å². The molecule has 0 N–H and O–H groups in total. The quantitative estimate of drug-likeness (QED) is 0.416. The summed E-state index contributed by atoms with van der Waals surface area (Å²) in [4.78, 5) is 0. The van der Waals surface area contributed by atoms with Crippen LogP contribution in [0.25, 0.3) is 0 Å².